The first-order valence-corrected chi connectivity index (χ1v) is 17.9. The van der Waals surface area contributed by atoms with Crippen LogP contribution in [0.4, 0.5) is 34.1 Å². The first-order chi connectivity index (χ1) is 25.5. The lowest BCUT2D eigenvalue weighted by Crippen LogP contribution is -2.15. The molecule has 248 valence electrons. The molecule has 0 N–H and O–H groups in total. The molecule has 0 fully saturated rings. The van der Waals surface area contributed by atoms with Gasteiger partial charge in [0.25, 0.3) is 0 Å². The van der Waals surface area contributed by atoms with Crippen molar-refractivity contribution in [1.82, 2.24) is 0 Å². The highest BCUT2D eigenvalue weighted by atomic mass is 16.3. The Morgan fingerprint density at radius 3 is 1.69 bits per heavy atom. The van der Waals surface area contributed by atoms with Gasteiger partial charge in [-0.15, -0.1) is 0 Å². The molecule has 0 radical (unpaired) electrons. The summed E-state index contributed by atoms with van der Waals surface area (Å²) in [5.41, 5.74) is 13.7. The predicted molar refractivity (Wildman–Crippen MR) is 218 cm³/mol. The molecule has 0 saturated carbocycles. The van der Waals surface area contributed by atoms with E-state index in [9.17, 15) is 0 Å². The molecular weight excluding hydrogens is 633 g/mol. The van der Waals surface area contributed by atoms with Gasteiger partial charge in [0.1, 0.15) is 11.2 Å². The van der Waals surface area contributed by atoms with Gasteiger partial charge in [-0.1, -0.05) is 117 Å². The fourth-order valence-corrected chi connectivity index (χ4v) is 8.34. The Labute approximate surface area is 303 Å². The first-order valence-electron chi connectivity index (χ1n) is 17.9. The van der Waals surface area contributed by atoms with Crippen LogP contribution in [0, 0.1) is 0 Å². The molecule has 8 aromatic carbocycles. The second kappa shape index (κ2) is 11.8. The largest absolute Gasteiger partial charge is 0.456 e. The maximum atomic E-state index is 6.30. The zero-order valence-electron chi connectivity index (χ0n) is 29.1. The van der Waals surface area contributed by atoms with Gasteiger partial charge >= 0.3 is 0 Å². The maximum absolute atomic E-state index is 6.30. The smallest absolute Gasteiger partial charge is 0.136 e. The predicted octanol–water partition coefficient (Wildman–Crippen LogP) is 14.0. The second-order valence-electron chi connectivity index (χ2n) is 14.2. The van der Waals surface area contributed by atoms with E-state index in [0.717, 1.165) is 56.1 Å². The average molecular weight is 669 g/mol. The molecule has 0 aliphatic heterocycles. The summed E-state index contributed by atoms with van der Waals surface area (Å²) in [5.74, 6) is 0. The molecule has 0 unspecified atom stereocenters. The maximum Gasteiger partial charge on any atom is 0.136 e. The minimum atomic E-state index is -0.0493. The summed E-state index contributed by atoms with van der Waals surface area (Å²) < 4.78 is 6.30. The summed E-state index contributed by atoms with van der Waals surface area (Å²) in [5, 5.41) is 4.63. The van der Waals surface area contributed by atoms with Crippen molar-refractivity contribution in [2.24, 2.45) is 0 Å². The van der Waals surface area contributed by atoms with E-state index in [-0.39, 0.29) is 5.41 Å². The Morgan fingerprint density at radius 1 is 0.385 bits per heavy atom. The Kier molecular flexibility index (Phi) is 6.84. The molecular formula is C49H36N2O. The SMILES string of the molecule is CC1(C)c2ccccc2-c2cc(N(c3ccccc3)c3cccc(N(c4ccccc4)c4ccc5ccc6oc7ccccc7c6c5c4)c3)ccc21. The summed E-state index contributed by atoms with van der Waals surface area (Å²) in [6.45, 7) is 4.67. The van der Waals surface area contributed by atoms with Crippen LogP contribution >= 0.6 is 0 Å². The molecule has 0 atom stereocenters. The topological polar surface area (TPSA) is 19.6 Å². The molecule has 3 nitrogen and oxygen atoms in total. The Balaban J connectivity index is 1.15. The summed E-state index contributed by atoms with van der Waals surface area (Å²) in [4.78, 5) is 4.73. The zero-order valence-corrected chi connectivity index (χ0v) is 29.1. The molecule has 52 heavy (non-hydrogen) atoms. The van der Waals surface area contributed by atoms with E-state index in [1.165, 1.54) is 33.0 Å². The van der Waals surface area contributed by atoms with E-state index in [0.29, 0.717) is 0 Å². The quantitative estimate of drug-likeness (QED) is 0.176. The van der Waals surface area contributed by atoms with Crippen LogP contribution in [-0.4, -0.2) is 0 Å². The standard InChI is InChI=1S/C49H36N2O/c1-49(2)44-22-11-9-20-40(44)43-32-39(27-28-45(43)49)51(35-16-7-4-8-17-35)37-19-13-18-36(30-37)50(34-14-5-3-6-15-34)38-26-24-33-25-29-47-48(42(33)31-38)41-21-10-12-23-46(41)52-47/h3-32H,1-2H3. The molecule has 0 amide bonds. The van der Waals surface area contributed by atoms with E-state index < -0.39 is 0 Å². The van der Waals surface area contributed by atoms with Gasteiger partial charge in [-0.25, -0.2) is 0 Å². The molecule has 1 aliphatic carbocycles. The van der Waals surface area contributed by atoms with Gasteiger partial charge in [0.05, 0.1) is 0 Å². The van der Waals surface area contributed by atoms with Crippen LogP contribution in [0.3, 0.4) is 0 Å². The van der Waals surface area contributed by atoms with Crippen LogP contribution in [0.2, 0.25) is 0 Å². The first kappa shape index (κ1) is 30.3. The zero-order chi connectivity index (χ0) is 34.8. The van der Waals surface area contributed by atoms with Gasteiger partial charge < -0.3 is 14.2 Å². The number of anilines is 6. The number of hydrogen-bond donors (Lipinski definition) is 0. The third-order valence-electron chi connectivity index (χ3n) is 10.8. The summed E-state index contributed by atoms with van der Waals surface area (Å²) in [7, 11) is 0. The van der Waals surface area contributed by atoms with E-state index in [1.54, 1.807) is 0 Å². The third kappa shape index (κ3) is 4.74. The fourth-order valence-electron chi connectivity index (χ4n) is 8.34. The van der Waals surface area contributed by atoms with Gasteiger partial charge in [-0.2, -0.15) is 0 Å². The lowest BCUT2D eigenvalue weighted by molar-refractivity contribution is 0.660. The van der Waals surface area contributed by atoms with Gasteiger partial charge in [0, 0.05) is 50.3 Å². The number of para-hydroxylation sites is 3. The number of rotatable bonds is 6. The van der Waals surface area contributed by atoms with E-state index in [1.807, 2.05) is 12.1 Å². The van der Waals surface area contributed by atoms with Crippen LogP contribution in [-0.2, 0) is 5.41 Å². The summed E-state index contributed by atoms with van der Waals surface area (Å²) in [6, 6.07) is 65.4. The normalized spacial score (nSPS) is 13.0. The Hall–Kier alpha value is -6.58. The molecule has 3 heteroatoms. The molecule has 1 heterocycles. The van der Waals surface area contributed by atoms with Gasteiger partial charge in [0.15, 0.2) is 0 Å². The van der Waals surface area contributed by atoms with Gasteiger partial charge in [-0.05, 0) is 112 Å². The molecule has 1 aliphatic rings. The highest BCUT2D eigenvalue weighted by Crippen LogP contribution is 2.51. The minimum Gasteiger partial charge on any atom is -0.456 e. The number of furan rings is 1. The Morgan fingerprint density at radius 2 is 0.942 bits per heavy atom. The number of benzene rings is 8. The average Bonchev–Trinajstić information content (AvgIpc) is 3.68. The number of hydrogen-bond acceptors (Lipinski definition) is 3. The van der Waals surface area contributed by atoms with Gasteiger partial charge in [0.2, 0.25) is 0 Å². The van der Waals surface area contributed by atoms with Crippen molar-refractivity contribution in [3.05, 3.63) is 193 Å². The fraction of sp³-hybridized carbons (Fsp3) is 0.0612. The molecule has 9 aromatic rings. The van der Waals surface area contributed by atoms with Gasteiger partial charge in [-0.3, -0.25) is 0 Å². The van der Waals surface area contributed by atoms with Crippen LogP contribution in [0.15, 0.2) is 186 Å². The lowest BCUT2D eigenvalue weighted by atomic mass is 9.82. The van der Waals surface area contributed by atoms with Crippen LogP contribution in [0.5, 0.6) is 0 Å². The number of nitrogens with zero attached hydrogens (tertiary/aromatic N) is 2. The molecule has 1 aromatic heterocycles. The second-order valence-corrected chi connectivity index (χ2v) is 14.2. The van der Waals surface area contributed by atoms with Crippen molar-refractivity contribution in [2.75, 3.05) is 9.80 Å². The minimum absolute atomic E-state index is 0.0493. The third-order valence-corrected chi connectivity index (χ3v) is 10.8. The highest BCUT2D eigenvalue weighted by Gasteiger charge is 2.35. The van der Waals surface area contributed by atoms with Crippen molar-refractivity contribution in [3.8, 4) is 11.1 Å². The van der Waals surface area contributed by atoms with E-state index in [4.69, 9.17) is 4.42 Å². The molecule has 0 spiro atoms. The number of fused-ring (bicyclic) bond motifs is 8. The van der Waals surface area contributed by atoms with Crippen molar-refractivity contribution < 1.29 is 4.42 Å². The van der Waals surface area contributed by atoms with Crippen LogP contribution < -0.4 is 9.80 Å². The van der Waals surface area contributed by atoms with E-state index in [2.05, 4.69) is 194 Å². The van der Waals surface area contributed by atoms with Crippen LogP contribution in [0.1, 0.15) is 25.0 Å². The van der Waals surface area contributed by atoms with Crippen molar-refractivity contribution in [2.45, 2.75) is 19.3 Å². The Bertz CT molecular complexity index is 2780. The highest BCUT2D eigenvalue weighted by molar-refractivity contribution is 6.19. The van der Waals surface area contributed by atoms with Crippen LogP contribution in [0.25, 0.3) is 43.8 Å². The summed E-state index contributed by atoms with van der Waals surface area (Å²) in [6.07, 6.45) is 0. The van der Waals surface area contributed by atoms with Crippen molar-refractivity contribution in [3.63, 3.8) is 0 Å². The lowest BCUT2D eigenvalue weighted by Gasteiger charge is -2.30. The monoisotopic (exact) mass is 668 g/mol. The molecule has 10 rings (SSSR count). The molecule has 0 saturated heterocycles. The van der Waals surface area contributed by atoms with E-state index >= 15 is 0 Å². The van der Waals surface area contributed by atoms with Crippen molar-refractivity contribution in [1.29, 1.82) is 0 Å². The summed E-state index contributed by atoms with van der Waals surface area (Å²) >= 11 is 0. The van der Waals surface area contributed by atoms with Crippen molar-refractivity contribution >= 4 is 66.8 Å². The molecule has 0 bridgehead atoms.